The predicted octanol–water partition coefficient (Wildman–Crippen LogP) is 3.99. The Morgan fingerprint density at radius 3 is 2.12 bits per heavy atom. The third kappa shape index (κ3) is 3.54. The van der Waals surface area contributed by atoms with Crippen LogP contribution in [-0.4, -0.2) is 9.78 Å². The molecule has 16 heavy (non-hydrogen) atoms. The van der Waals surface area contributed by atoms with Gasteiger partial charge in [-0.15, -0.1) is 0 Å². The Bertz CT molecular complexity index is 390. The highest BCUT2D eigenvalue weighted by Gasteiger charge is 1.98. The van der Waals surface area contributed by atoms with Gasteiger partial charge in [0.2, 0.25) is 0 Å². The maximum atomic E-state index is 4.23. The topological polar surface area (TPSA) is 17.8 Å². The molecule has 2 rings (SSSR count). The van der Waals surface area contributed by atoms with Crippen molar-refractivity contribution in [3.8, 4) is 11.1 Å². The first-order valence-corrected chi connectivity index (χ1v) is 5.89. The maximum Gasteiger partial charge on any atom is 0.0568 e. The Morgan fingerprint density at radius 2 is 1.62 bits per heavy atom. The summed E-state index contributed by atoms with van der Waals surface area (Å²) in [6, 6.07) is 10.3. The van der Waals surface area contributed by atoms with Crippen molar-refractivity contribution in [2.24, 2.45) is 0 Å². The molecule has 86 valence electrons. The highest BCUT2D eigenvalue weighted by Crippen LogP contribution is 2.17. The molecule has 0 saturated carbocycles. The van der Waals surface area contributed by atoms with E-state index >= 15 is 0 Å². The normalized spacial score (nSPS) is 9.44. The van der Waals surface area contributed by atoms with Crippen molar-refractivity contribution in [3.63, 3.8) is 0 Å². The van der Waals surface area contributed by atoms with Gasteiger partial charge in [-0.3, -0.25) is 4.68 Å². The molecule has 0 bridgehead atoms. The van der Waals surface area contributed by atoms with E-state index < -0.39 is 0 Å². The minimum absolute atomic E-state index is 0.923. The number of rotatable bonds is 2. The lowest BCUT2D eigenvalue weighted by atomic mass is 10.1. The van der Waals surface area contributed by atoms with Gasteiger partial charge >= 0.3 is 0 Å². The zero-order chi connectivity index (χ0) is 11.8. The van der Waals surface area contributed by atoms with E-state index in [0.29, 0.717) is 0 Å². The number of nitrogens with zero attached hydrogens (tertiary/aromatic N) is 2. The largest absolute Gasteiger partial charge is 0.272 e. The smallest absolute Gasteiger partial charge is 0.0568 e. The average Bonchev–Trinajstić information content (AvgIpc) is 2.80. The fraction of sp³-hybridized carbons (Fsp3) is 0.357. The zero-order valence-corrected chi connectivity index (χ0v) is 10.4. The first-order chi connectivity index (χ1) is 7.81. The predicted molar refractivity (Wildman–Crippen MR) is 69.3 cm³/mol. The molecule has 2 nitrogen and oxygen atoms in total. The summed E-state index contributed by atoms with van der Waals surface area (Å²) in [6.07, 6.45) is 5.22. The molecule has 0 radical (unpaired) electrons. The van der Waals surface area contributed by atoms with Gasteiger partial charge in [0.25, 0.3) is 0 Å². The molecular weight excluding hydrogens is 196 g/mol. The van der Waals surface area contributed by atoms with Crippen LogP contribution in [0.5, 0.6) is 0 Å². The third-order valence-corrected chi connectivity index (χ3v) is 2.06. The lowest BCUT2D eigenvalue weighted by molar-refractivity contribution is 0.660. The van der Waals surface area contributed by atoms with Crippen LogP contribution in [0.15, 0.2) is 42.7 Å². The summed E-state index contributed by atoms with van der Waals surface area (Å²) in [4.78, 5) is 0. The zero-order valence-electron chi connectivity index (χ0n) is 10.4. The first kappa shape index (κ1) is 12.5. The number of aryl methyl sites for hydroxylation is 1. The van der Waals surface area contributed by atoms with Crippen LogP contribution in [0.4, 0.5) is 0 Å². The van der Waals surface area contributed by atoms with Crippen LogP contribution in [0.1, 0.15) is 27.2 Å². The van der Waals surface area contributed by atoms with Crippen LogP contribution in [0.2, 0.25) is 0 Å². The molecule has 1 aromatic carbocycles. The molecule has 0 amide bonds. The van der Waals surface area contributed by atoms with Crippen molar-refractivity contribution < 1.29 is 0 Å². The summed E-state index contributed by atoms with van der Waals surface area (Å²) < 4.78 is 1.93. The van der Waals surface area contributed by atoms with E-state index in [-0.39, 0.29) is 0 Å². The molecular formula is C14H20N2. The van der Waals surface area contributed by atoms with Gasteiger partial charge in [-0.25, -0.2) is 0 Å². The second kappa shape index (κ2) is 6.83. The minimum Gasteiger partial charge on any atom is -0.272 e. The van der Waals surface area contributed by atoms with E-state index in [9.17, 15) is 0 Å². The van der Waals surface area contributed by atoms with Gasteiger partial charge in [-0.05, 0) is 12.5 Å². The SMILES string of the molecule is CCC.CCn1cc(-c2ccccc2)cn1. The maximum absolute atomic E-state index is 4.23. The molecule has 0 unspecified atom stereocenters. The van der Waals surface area contributed by atoms with Gasteiger partial charge in [0, 0.05) is 18.3 Å². The molecule has 0 fully saturated rings. The Balaban J connectivity index is 0.000000386. The van der Waals surface area contributed by atoms with Gasteiger partial charge in [0.05, 0.1) is 6.20 Å². The Kier molecular flexibility index (Phi) is 5.34. The van der Waals surface area contributed by atoms with Crippen molar-refractivity contribution in [3.05, 3.63) is 42.7 Å². The highest BCUT2D eigenvalue weighted by molar-refractivity contribution is 5.61. The summed E-state index contributed by atoms with van der Waals surface area (Å²) in [5.41, 5.74) is 2.41. The molecule has 0 aliphatic rings. The van der Waals surface area contributed by atoms with Crippen molar-refractivity contribution in [1.29, 1.82) is 0 Å². The molecule has 2 heteroatoms. The fourth-order valence-electron chi connectivity index (χ4n) is 1.32. The van der Waals surface area contributed by atoms with Crippen molar-refractivity contribution in [2.75, 3.05) is 0 Å². The first-order valence-electron chi connectivity index (χ1n) is 5.89. The summed E-state index contributed by atoms with van der Waals surface area (Å²) in [6.45, 7) is 7.26. The van der Waals surface area contributed by atoms with E-state index in [2.05, 4.69) is 44.2 Å². The van der Waals surface area contributed by atoms with E-state index in [1.54, 1.807) is 0 Å². The number of aromatic nitrogens is 2. The van der Waals surface area contributed by atoms with E-state index in [1.807, 2.05) is 29.1 Å². The minimum atomic E-state index is 0.923. The van der Waals surface area contributed by atoms with E-state index in [1.165, 1.54) is 17.5 Å². The van der Waals surface area contributed by atoms with Crippen LogP contribution in [0.3, 0.4) is 0 Å². The monoisotopic (exact) mass is 216 g/mol. The average molecular weight is 216 g/mol. The fourth-order valence-corrected chi connectivity index (χ4v) is 1.32. The summed E-state index contributed by atoms with van der Waals surface area (Å²) in [7, 11) is 0. The summed E-state index contributed by atoms with van der Waals surface area (Å²) in [5.74, 6) is 0. The van der Waals surface area contributed by atoms with Crippen molar-refractivity contribution >= 4 is 0 Å². The molecule has 0 saturated heterocycles. The van der Waals surface area contributed by atoms with E-state index in [4.69, 9.17) is 0 Å². The molecule has 1 heterocycles. The molecule has 0 aliphatic carbocycles. The molecule has 1 aromatic heterocycles. The summed E-state index contributed by atoms with van der Waals surface area (Å²) >= 11 is 0. The van der Waals surface area contributed by atoms with Gasteiger partial charge in [0.1, 0.15) is 0 Å². The van der Waals surface area contributed by atoms with Gasteiger partial charge in [-0.1, -0.05) is 50.6 Å². The quantitative estimate of drug-likeness (QED) is 0.742. The third-order valence-electron chi connectivity index (χ3n) is 2.06. The lowest BCUT2D eigenvalue weighted by Crippen LogP contribution is -1.91. The molecule has 0 aliphatic heterocycles. The second-order valence-corrected chi connectivity index (χ2v) is 3.66. The Labute approximate surface area is 97.9 Å². The number of benzene rings is 1. The van der Waals surface area contributed by atoms with Crippen LogP contribution < -0.4 is 0 Å². The standard InChI is InChI=1S/C11H12N2.C3H8/c1-2-13-9-11(8-12-13)10-6-4-3-5-7-10;1-3-2/h3-9H,2H2,1H3;3H2,1-2H3. The van der Waals surface area contributed by atoms with Gasteiger partial charge < -0.3 is 0 Å². The molecule has 2 aromatic rings. The second-order valence-electron chi connectivity index (χ2n) is 3.66. The Morgan fingerprint density at radius 1 is 1.00 bits per heavy atom. The summed E-state index contributed by atoms with van der Waals surface area (Å²) in [5, 5.41) is 4.23. The van der Waals surface area contributed by atoms with Crippen molar-refractivity contribution in [1.82, 2.24) is 9.78 Å². The molecule has 0 N–H and O–H groups in total. The van der Waals surface area contributed by atoms with Crippen LogP contribution in [-0.2, 0) is 6.54 Å². The van der Waals surface area contributed by atoms with Crippen molar-refractivity contribution in [2.45, 2.75) is 33.7 Å². The van der Waals surface area contributed by atoms with Gasteiger partial charge in [-0.2, -0.15) is 5.10 Å². The number of hydrogen-bond donors (Lipinski definition) is 0. The molecule has 0 atom stereocenters. The Hall–Kier alpha value is -1.57. The molecule has 0 spiro atoms. The van der Waals surface area contributed by atoms with E-state index in [0.717, 1.165) is 6.54 Å². The van der Waals surface area contributed by atoms with Crippen LogP contribution in [0, 0.1) is 0 Å². The van der Waals surface area contributed by atoms with Crippen LogP contribution >= 0.6 is 0 Å². The highest BCUT2D eigenvalue weighted by atomic mass is 15.3. The van der Waals surface area contributed by atoms with Crippen LogP contribution in [0.25, 0.3) is 11.1 Å². The number of hydrogen-bond acceptors (Lipinski definition) is 1. The lowest BCUT2D eigenvalue weighted by Gasteiger charge is -1.94. The van der Waals surface area contributed by atoms with Gasteiger partial charge in [0.15, 0.2) is 0 Å².